The van der Waals surface area contributed by atoms with Gasteiger partial charge < -0.3 is 19.9 Å². The van der Waals surface area contributed by atoms with Crippen molar-refractivity contribution in [3.63, 3.8) is 0 Å². The van der Waals surface area contributed by atoms with Crippen LogP contribution < -0.4 is 19.9 Å². The molecule has 1 heterocycles. The van der Waals surface area contributed by atoms with Crippen molar-refractivity contribution >= 4 is 0 Å². The van der Waals surface area contributed by atoms with E-state index >= 15 is 0 Å². The van der Waals surface area contributed by atoms with Crippen LogP contribution in [0.4, 0.5) is 0 Å². The molecule has 1 aliphatic heterocycles. The van der Waals surface area contributed by atoms with Gasteiger partial charge in [0.25, 0.3) is 0 Å². The van der Waals surface area contributed by atoms with E-state index in [0.717, 1.165) is 17.2 Å². The molecule has 1 aromatic rings. The fourth-order valence-electron chi connectivity index (χ4n) is 1.30. The van der Waals surface area contributed by atoms with Gasteiger partial charge in [0.15, 0.2) is 11.5 Å². The molecule has 88 valence electrons. The molecule has 0 saturated heterocycles. The Morgan fingerprint density at radius 3 is 2.81 bits per heavy atom. The van der Waals surface area contributed by atoms with Crippen molar-refractivity contribution in [2.45, 2.75) is 13.8 Å². The fourth-order valence-corrected chi connectivity index (χ4v) is 1.30. The summed E-state index contributed by atoms with van der Waals surface area (Å²) in [6, 6.07) is 5.57. The smallest absolute Gasteiger partial charge is 0.231 e. The van der Waals surface area contributed by atoms with Gasteiger partial charge in [-0.15, -0.1) is 0 Å². The predicted octanol–water partition coefficient (Wildman–Crippen LogP) is 1.78. The van der Waals surface area contributed by atoms with Gasteiger partial charge in [-0.2, -0.15) is 0 Å². The number of fused-ring (bicyclic) bond motifs is 1. The topological polar surface area (TPSA) is 53.7 Å². The zero-order valence-electron chi connectivity index (χ0n) is 9.66. The van der Waals surface area contributed by atoms with Crippen LogP contribution in [0.3, 0.4) is 0 Å². The van der Waals surface area contributed by atoms with Crippen LogP contribution in [0.15, 0.2) is 18.2 Å². The standard InChI is InChI=1S/C12H17NO3/c1-12(2,6-13)7-14-9-3-4-10-11(5-9)16-8-15-10/h3-5H,6-8,13H2,1-2H3. The van der Waals surface area contributed by atoms with E-state index in [0.29, 0.717) is 13.2 Å². The van der Waals surface area contributed by atoms with Crippen LogP contribution in [0.2, 0.25) is 0 Å². The van der Waals surface area contributed by atoms with E-state index in [4.69, 9.17) is 19.9 Å². The Kier molecular flexibility index (Phi) is 2.92. The number of hydrogen-bond acceptors (Lipinski definition) is 4. The monoisotopic (exact) mass is 223 g/mol. The Hall–Kier alpha value is -1.42. The van der Waals surface area contributed by atoms with Gasteiger partial charge in [0.05, 0.1) is 6.61 Å². The zero-order chi connectivity index (χ0) is 11.6. The minimum absolute atomic E-state index is 0.0175. The Morgan fingerprint density at radius 2 is 2.06 bits per heavy atom. The van der Waals surface area contributed by atoms with Crippen molar-refractivity contribution in [3.8, 4) is 17.2 Å². The van der Waals surface area contributed by atoms with Gasteiger partial charge in [-0.25, -0.2) is 0 Å². The molecular weight excluding hydrogens is 206 g/mol. The molecule has 0 atom stereocenters. The SMILES string of the molecule is CC(C)(CN)COc1ccc2c(c1)OCO2. The number of rotatable bonds is 4. The predicted molar refractivity (Wildman–Crippen MR) is 60.9 cm³/mol. The van der Waals surface area contributed by atoms with Crippen LogP contribution in [0.5, 0.6) is 17.2 Å². The van der Waals surface area contributed by atoms with Crippen LogP contribution in [0.1, 0.15) is 13.8 Å². The Bertz CT molecular complexity index is 377. The molecular formula is C12H17NO3. The number of hydrogen-bond donors (Lipinski definition) is 1. The molecule has 0 bridgehead atoms. The third-order valence-corrected chi connectivity index (χ3v) is 2.53. The summed E-state index contributed by atoms with van der Waals surface area (Å²) in [5, 5.41) is 0. The molecule has 4 nitrogen and oxygen atoms in total. The first-order chi connectivity index (χ1) is 7.61. The van der Waals surface area contributed by atoms with Crippen LogP contribution >= 0.6 is 0 Å². The van der Waals surface area contributed by atoms with Gasteiger partial charge in [0, 0.05) is 18.0 Å². The highest BCUT2D eigenvalue weighted by molar-refractivity contribution is 5.46. The summed E-state index contributed by atoms with van der Waals surface area (Å²) < 4.78 is 16.2. The maximum absolute atomic E-state index is 5.67. The maximum atomic E-state index is 5.67. The molecule has 0 aliphatic carbocycles. The highest BCUT2D eigenvalue weighted by Gasteiger charge is 2.18. The summed E-state index contributed by atoms with van der Waals surface area (Å²) in [5.74, 6) is 2.29. The summed E-state index contributed by atoms with van der Waals surface area (Å²) in [7, 11) is 0. The van der Waals surface area contributed by atoms with Crippen molar-refractivity contribution in [3.05, 3.63) is 18.2 Å². The second-order valence-electron chi connectivity index (χ2n) is 4.67. The Labute approximate surface area is 95.3 Å². The summed E-state index contributed by atoms with van der Waals surface area (Å²) >= 11 is 0. The maximum Gasteiger partial charge on any atom is 0.231 e. The summed E-state index contributed by atoms with van der Waals surface area (Å²) in [5.41, 5.74) is 5.62. The largest absolute Gasteiger partial charge is 0.493 e. The van der Waals surface area contributed by atoms with E-state index in [9.17, 15) is 0 Å². The van der Waals surface area contributed by atoms with E-state index in [2.05, 4.69) is 13.8 Å². The summed E-state index contributed by atoms with van der Waals surface area (Å²) in [4.78, 5) is 0. The lowest BCUT2D eigenvalue weighted by atomic mass is 9.95. The first-order valence-corrected chi connectivity index (χ1v) is 5.33. The highest BCUT2D eigenvalue weighted by Crippen LogP contribution is 2.35. The van der Waals surface area contributed by atoms with Gasteiger partial charge in [-0.05, 0) is 12.1 Å². The van der Waals surface area contributed by atoms with E-state index in [-0.39, 0.29) is 12.2 Å². The lowest BCUT2D eigenvalue weighted by Gasteiger charge is -2.22. The van der Waals surface area contributed by atoms with Gasteiger partial charge >= 0.3 is 0 Å². The molecule has 2 rings (SSSR count). The van der Waals surface area contributed by atoms with Crippen molar-refractivity contribution in [2.75, 3.05) is 19.9 Å². The van der Waals surface area contributed by atoms with E-state index in [1.807, 2.05) is 18.2 Å². The van der Waals surface area contributed by atoms with Crippen molar-refractivity contribution in [2.24, 2.45) is 11.1 Å². The minimum Gasteiger partial charge on any atom is -0.493 e. The van der Waals surface area contributed by atoms with Crippen LogP contribution in [-0.4, -0.2) is 19.9 Å². The molecule has 0 unspecified atom stereocenters. The third kappa shape index (κ3) is 2.39. The second-order valence-corrected chi connectivity index (χ2v) is 4.67. The molecule has 0 radical (unpaired) electrons. The minimum atomic E-state index is -0.0175. The average Bonchev–Trinajstić information content (AvgIpc) is 2.73. The number of benzene rings is 1. The van der Waals surface area contributed by atoms with Crippen molar-refractivity contribution < 1.29 is 14.2 Å². The number of ether oxygens (including phenoxy) is 3. The highest BCUT2D eigenvalue weighted by atomic mass is 16.7. The van der Waals surface area contributed by atoms with Gasteiger partial charge in [-0.3, -0.25) is 0 Å². The fraction of sp³-hybridized carbons (Fsp3) is 0.500. The van der Waals surface area contributed by atoms with Gasteiger partial charge in [0.1, 0.15) is 5.75 Å². The second kappa shape index (κ2) is 4.22. The first kappa shape index (κ1) is 11.1. The lowest BCUT2D eigenvalue weighted by Crippen LogP contribution is -2.30. The molecule has 1 aliphatic rings. The van der Waals surface area contributed by atoms with Crippen LogP contribution in [-0.2, 0) is 0 Å². The molecule has 0 saturated carbocycles. The lowest BCUT2D eigenvalue weighted by molar-refractivity contribution is 0.172. The Balaban J connectivity index is 2.00. The van der Waals surface area contributed by atoms with Gasteiger partial charge in [0.2, 0.25) is 6.79 Å². The first-order valence-electron chi connectivity index (χ1n) is 5.33. The van der Waals surface area contributed by atoms with E-state index in [1.54, 1.807) is 0 Å². The zero-order valence-corrected chi connectivity index (χ0v) is 9.66. The third-order valence-electron chi connectivity index (χ3n) is 2.53. The molecule has 1 aromatic carbocycles. The molecule has 0 aromatic heterocycles. The summed E-state index contributed by atoms with van der Waals surface area (Å²) in [6.07, 6.45) is 0. The van der Waals surface area contributed by atoms with E-state index in [1.165, 1.54) is 0 Å². The quantitative estimate of drug-likeness (QED) is 0.845. The van der Waals surface area contributed by atoms with Crippen molar-refractivity contribution in [1.82, 2.24) is 0 Å². The molecule has 4 heteroatoms. The Morgan fingerprint density at radius 1 is 1.31 bits per heavy atom. The van der Waals surface area contributed by atoms with E-state index < -0.39 is 0 Å². The summed E-state index contributed by atoms with van der Waals surface area (Å²) in [6.45, 7) is 5.60. The molecule has 2 N–H and O–H groups in total. The van der Waals surface area contributed by atoms with Crippen LogP contribution in [0.25, 0.3) is 0 Å². The average molecular weight is 223 g/mol. The molecule has 16 heavy (non-hydrogen) atoms. The van der Waals surface area contributed by atoms with Gasteiger partial charge in [-0.1, -0.05) is 13.8 Å². The van der Waals surface area contributed by atoms with Crippen LogP contribution in [0, 0.1) is 5.41 Å². The number of nitrogens with two attached hydrogens (primary N) is 1. The normalized spacial score (nSPS) is 13.9. The molecule has 0 spiro atoms. The van der Waals surface area contributed by atoms with Crippen molar-refractivity contribution in [1.29, 1.82) is 0 Å². The molecule has 0 fully saturated rings. The molecule has 0 amide bonds.